The largest absolute Gasteiger partial charge is 0.480 e. The topological polar surface area (TPSA) is 37.3 Å². The lowest BCUT2D eigenvalue weighted by molar-refractivity contribution is -0.136. The molecule has 1 N–H and O–H groups in total. The van der Waals surface area contributed by atoms with E-state index >= 15 is 0 Å². The lowest BCUT2D eigenvalue weighted by Crippen LogP contribution is -2.18. The smallest absolute Gasteiger partial charge is 0.316 e. The van der Waals surface area contributed by atoms with E-state index in [9.17, 15) is 4.79 Å². The fourth-order valence-electron chi connectivity index (χ4n) is 1.82. The number of carbonyl (C=O) groups is 1. The molecule has 0 unspecified atom stereocenters. The van der Waals surface area contributed by atoms with Crippen LogP contribution in [0, 0.1) is 5.92 Å². The number of alkyl halides is 1. The van der Waals surface area contributed by atoms with Crippen LogP contribution in [0.3, 0.4) is 0 Å². The summed E-state index contributed by atoms with van der Waals surface area (Å²) in [5.74, 6) is 0.0259. The number of rotatable bonds is 3. The Bertz CT molecular complexity index is 153. The standard InChI is InChI=1S/C9H15IO2/c10-8(9(11)12)6-7-4-2-1-3-5-7/h7-8H,1-6H2,(H,11,12)/t8-/m0/s1. The Labute approximate surface area is 86.9 Å². The summed E-state index contributed by atoms with van der Waals surface area (Å²) in [5, 5.41) is 8.71. The quantitative estimate of drug-likeness (QED) is 0.638. The van der Waals surface area contributed by atoms with Crippen LogP contribution in [0.1, 0.15) is 38.5 Å². The second kappa shape index (κ2) is 5.04. The minimum atomic E-state index is -0.652. The fourth-order valence-corrected chi connectivity index (χ4v) is 2.54. The van der Waals surface area contributed by atoms with Crippen LogP contribution in [0.2, 0.25) is 0 Å². The van der Waals surface area contributed by atoms with Crippen molar-refractivity contribution in [1.82, 2.24) is 0 Å². The number of carboxylic acids is 1. The Morgan fingerprint density at radius 1 is 1.42 bits per heavy atom. The predicted octanol–water partition coefficient (Wildman–Crippen LogP) is 2.85. The van der Waals surface area contributed by atoms with Crippen LogP contribution in [0.4, 0.5) is 0 Å². The van der Waals surface area contributed by atoms with E-state index in [2.05, 4.69) is 0 Å². The minimum absolute atomic E-state index is 0.175. The van der Waals surface area contributed by atoms with E-state index in [-0.39, 0.29) is 3.92 Å². The van der Waals surface area contributed by atoms with Crippen LogP contribution < -0.4 is 0 Å². The third-order valence-electron chi connectivity index (χ3n) is 2.53. The summed E-state index contributed by atoms with van der Waals surface area (Å²) < 4.78 is -0.175. The van der Waals surface area contributed by atoms with Crippen molar-refractivity contribution in [2.45, 2.75) is 42.4 Å². The minimum Gasteiger partial charge on any atom is -0.480 e. The van der Waals surface area contributed by atoms with Crippen molar-refractivity contribution in [2.75, 3.05) is 0 Å². The number of hydrogen-bond acceptors (Lipinski definition) is 1. The van der Waals surface area contributed by atoms with Gasteiger partial charge in [0.2, 0.25) is 0 Å². The zero-order valence-electron chi connectivity index (χ0n) is 7.13. The van der Waals surface area contributed by atoms with Gasteiger partial charge in [-0.1, -0.05) is 54.7 Å². The van der Waals surface area contributed by atoms with Gasteiger partial charge in [0, 0.05) is 0 Å². The summed E-state index contributed by atoms with van der Waals surface area (Å²) in [5.41, 5.74) is 0. The molecule has 0 aromatic heterocycles. The highest BCUT2D eigenvalue weighted by atomic mass is 127. The monoisotopic (exact) mass is 282 g/mol. The Morgan fingerprint density at radius 2 is 2.00 bits per heavy atom. The number of halogens is 1. The third-order valence-corrected chi connectivity index (χ3v) is 3.57. The zero-order chi connectivity index (χ0) is 8.97. The van der Waals surface area contributed by atoms with Crippen molar-refractivity contribution < 1.29 is 9.90 Å². The molecule has 0 aliphatic heterocycles. The molecule has 0 aromatic carbocycles. The Hall–Kier alpha value is 0.200. The van der Waals surface area contributed by atoms with E-state index in [4.69, 9.17) is 5.11 Å². The van der Waals surface area contributed by atoms with Gasteiger partial charge >= 0.3 is 5.97 Å². The maximum atomic E-state index is 10.6. The Balaban J connectivity index is 2.24. The number of aliphatic carboxylic acids is 1. The number of carboxylic acid groups (broad SMARTS) is 1. The van der Waals surface area contributed by atoms with Crippen molar-refractivity contribution >= 4 is 28.6 Å². The molecule has 1 saturated carbocycles. The normalized spacial score (nSPS) is 22.1. The van der Waals surface area contributed by atoms with Crippen molar-refractivity contribution in [3.05, 3.63) is 0 Å². The molecule has 0 saturated heterocycles. The molecular weight excluding hydrogens is 267 g/mol. The summed E-state index contributed by atoms with van der Waals surface area (Å²) in [6, 6.07) is 0. The molecule has 3 heteroatoms. The molecule has 70 valence electrons. The van der Waals surface area contributed by atoms with Gasteiger partial charge in [0.15, 0.2) is 0 Å². The molecule has 12 heavy (non-hydrogen) atoms. The Morgan fingerprint density at radius 3 is 2.50 bits per heavy atom. The maximum absolute atomic E-state index is 10.6. The molecule has 0 bridgehead atoms. The summed E-state index contributed by atoms with van der Waals surface area (Å²) in [4.78, 5) is 10.6. The van der Waals surface area contributed by atoms with Crippen LogP contribution in [-0.4, -0.2) is 15.0 Å². The first-order valence-corrected chi connectivity index (χ1v) is 5.81. The molecule has 1 aliphatic rings. The van der Waals surface area contributed by atoms with Crippen LogP contribution >= 0.6 is 22.6 Å². The van der Waals surface area contributed by atoms with E-state index in [0.29, 0.717) is 5.92 Å². The molecule has 1 atom stereocenters. The van der Waals surface area contributed by atoms with Gasteiger partial charge in [0.05, 0.1) is 0 Å². The molecular formula is C9H15IO2. The summed E-state index contributed by atoms with van der Waals surface area (Å²) in [6.07, 6.45) is 7.30. The van der Waals surface area contributed by atoms with Gasteiger partial charge in [-0.2, -0.15) is 0 Å². The maximum Gasteiger partial charge on any atom is 0.316 e. The van der Waals surface area contributed by atoms with Crippen molar-refractivity contribution in [3.63, 3.8) is 0 Å². The molecule has 0 aromatic rings. The molecule has 0 spiro atoms. The van der Waals surface area contributed by atoms with E-state index in [1.165, 1.54) is 32.1 Å². The van der Waals surface area contributed by atoms with E-state index in [1.54, 1.807) is 0 Å². The van der Waals surface area contributed by atoms with Gasteiger partial charge < -0.3 is 5.11 Å². The van der Waals surface area contributed by atoms with Gasteiger partial charge in [0.1, 0.15) is 3.92 Å². The SMILES string of the molecule is O=C(O)[C@@H](I)CC1CCCCC1. The van der Waals surface area contributed by atoms with E-state index < -0.39 is 5.97 Å². The summed E-state index contributed by atoms with van der Waals surface area (Å²) in [7, 11) is 0. The van der Waals surface area contributed by atoms with Crippen LogP contribution in [0.15, 0.2) is 0 Å². The first-order chi connectivity index (χ1) is 5.70. The lowest BCUT2D eigenvalue weighted by atomic mass is 9.86. The molecule has 1 fully saturated rings. The van der Waals surface area contributed by atoms with Gasteiger partial charge in [-0.05, 0) is 12.3 Å². The second-order valence-corrected chi connectivity index (χ2v) is 5.05. The van der Waals surface area contributed by atoms with Crippen molar-refractivity contribution in [1.29, 1.82) is 0 Å². The highest BCUT2D eigenvalue weighted by Gasteiger charge is 2.20. The molecule has 2 nitrogen and oxygen atoms in total. The van der Waals surface area contributed by atoms with Crippen LogP contribution in [0.25, 0.3) is 0 Å². The average Bonchev–Trinajstić information content (AvgIpc) is 2.06. The number of hydrogen-bond donors (Lipinski definition) is 1. The molecule has 1 aliphatic carbocycles. The highest BCUT2D eigenvalue weighted by Crippen LogP contribution is 2.29. The van der Waals surface area contributed by atoms with Crippen LogP contribution in [-0.2, 0) is 4.79 Å². The molecule has 0 amide bonds. The van der Waals surface area contributed by atoms with Crippen LogP contribution in [0.5, 0.6) is 0 Å². The molecule has 0 heterocycles. The third kappa shape index (κ3) is 3.29. The summed E-state index contributed by atoms with van der Waals surface area (Å²) >= 11 is 2.03. The first kappa shape index (κ1) is 10.3. The molecule has 1 rings (SSSR count). The van der Waals surface area contributed by atoms with Gasteiger partial charge in [-0.25, -0.2) is 0 Å². The highest BCUT2D eigenvalue weighted by molar-refractivity contribution is 14.1. The lowest BCUT2D eigenvalue weighted by Gasteiger charge is -2.22. The second-order valence-electron chi connectivity index (χ2n) is 3.55. The zero-order valence-corrected chi connectivity index (χ0v) is 9.29. The first-order valence-electron chi connectivity index (χ1n) is 4.57. The van der Waals surface area contributed by atoms with Crippen molar-refractivity contribution in [2.24, 2.45) is 5.92 Å². The van der Waals surface area contributed by atoms with Crippen molar-refractivity contribution in [3.8, 4) is 0 Å². The van der Waals surface area contributed by atoms with E-state index in [1.807, 2.05) is 22.6 Å². The van der Waals surface area contributed by atoms with Gasteiger partial charge in [-0.15, -0.1) is 0 Å². The predicted molar refractivity (Wildman–Crippen MR) is 56.6 cm³/mol. The fraction of sp³-hybridized carbons (Fsp3) is 0.889. The van der Waals surface area contributed by atoms with E-state index in [0.717, 1.165) is 6.42 Å². The molecule has 0 radical (unpaired) electrons. The Kier molecular flexibility index (Phi) is 4.32. The summed E-state index contributed by atoms with van der Waals surface area (Å²) in [6.45, 7) is 0. The van der Waals surface area contributed by atoms with Gasteiger partial charge in [0.25, 0.3) is 0 Å². The van der Waals surface area contributed by atoms with Gasteiger partial charge in [-0.3, -0.25) is 4.79 Å². The average molecular weight is 282 g/mol.